The summed E-state index contributed by atoms with van der Waals surface area (Å²) in [6, 6.07) is 15.5. The molecule has 2 aromatic carbocycles. The number of nitrogens with one attached hydrogen (secondary N) is 1. The topological polar surface area (TPSA) is 63.2 Å². The molecule has 0 spiro atoms. The van der Waals surface area contributed by atoms with Crippen molar-refractivity contribution in [2.24, 2.45) is 0 Å². The molecule has 0 saturated carbocycles. The van der Waals surface area contributed by atoms with Gasteiger partial charge in [-0.1, -0.05) is 54.1 Å². The highest BCUT2D eigenvalue weighted by Crippen LogP contribution is 2.25. The van der Waals surface area contributed by atoms with Crippen LogP contribution in [0, 0.1) is 6.92 Å². The molecule has 0 radical (unpaired) electrons. The van der Waals surface area contributed by atoms with Crippen molar-refractivity contribution in [3.8, 4) is 0 Å². The van der Waals surface area contributed by atoms with Crippen LogP contribution in [0.5, 0.6) is 0 Å². The SMILES string of the molecule is C=C(C(=O)Nc1ccccc1)C(CC=C(C)C)S(=O)(=O)c1ccc(C)cc1. The third kappa shape index (κ3) is 5.41. The second-order valence-electron chi connectivity index (χ2n) is 6.71. The molecule has 2 rings (SSSR count). The molecule has 0 fully saturated rings. The number of amides is 1. The molecule has 0 aliphatic carbocycles. The maximum atomic E-state index is 13.2. The van der Waals surface area contributed by atoms with Crippen LogP contribution in [-0.4, -0.2) is 19.6 Å². The summed E-state index contributed by atoms with van der Waals surface area (Å²) >= 11 is 0. The van der Waals surface area contributed by atoms with Crippen molar-refractivity contribution in [3.63, 3.8) is 0 Å². The molecule has 1 amide bonds. The Morgan fingerprint density at radius 2 is 1.67 bits per heavy atom. The average Bonchev–Trinajstić information content (AvgIpc) is 2.62. The van der Waals surface area contributed by atoms with E-state index in [9.17, 15) is 13.2 Å². The van der Waals surface area contributed by atoms with E-state index in [1.54, 1.807) is 48.5 Å². The van der Waals surface area contributed by atoms with Gasteiger partial charge < -0.3 is 5.32 Å². The number of benzene rings is 2. The molecular weight excluding hydrogens is 358 g/mol. The first-order valence-electron chi connectivity index (χ1n) is 8.71. The van der Waals surface area contributed by atoms with Crippen LogP contribution < -0.4 is 5.32 Å². The first-order chi connectivity index (χ1) is 12.7. The molecule has 0 aliphatic rings. The molecule has 0 aliphatic heterocycles. The van der Waals surface area contributed by atoms with Crippen molar-refractivity contribution in [2.75, 3.05) is 5.32 Å². The number of sulfone groups is 1. The standard InChI is InChI=1S/C22H25NO3S/c1-16(2)10-15-21(27(25,26)20-13-11-17(3)12-14-20)18(4)22(24)23-19-8-6-5-7-9-19/h5-14,21H,4,15H2,1-3H3,(H,23,24). The highest BCUT2D eigenvalue weighted by molar-refractivity contribution is 7.92. The third-order valence-corrected chi connectivity index (χ3v) is 6.33. The monoisotopic (exact) mass is 383 g/mol. The third-order valence-electron chi connectivity index (χ3n) is 4.18. The molecule has 5 heteroatoms. The van der Waals surface area contributed by atoms with Crippen LogP contribution >= 0.6 is 0 Å². The summed E-state index contributed by atoms with van der Waals surface area (Å²) in [4.78, 5) is 12.8. The molecule has 1 atom stereocenters. The maximum Gasteiger partial charge on any atom is 0.252 e. The lowest BCUT2D eigenvalue weighted by Crippen LogP contribution is -2.30. The lowest BCUT2D eigenvalue weighted by molar-refractivity contribution is -0.112. The van der Waals surface area contributed by atoms with Gasteiger partial charge in [-0.2, -0.15) is 0 Å². The predicted octanol–water partition coefficient (Wildman–Crippen LogP) is 4.69. The lowest BCUT2D eigenvalue weighted by atomic mass is 10.1. The molecule has 1 unspecified atom stereocenters. The van der Waals surface area contributed by atoms with E-state index in [0.29, 0.717) is 5.69 Å². The van der Waals surface area contributed by atoms with E-state index in [4.69, 9.17) is 0 Å². The summed E-state index contributed by atoms with van der Waals surface area (Å²) in [5, 5.41) is 1.69. The summed E-state index contributed by atoms with van der Waals surface area (Å²) in [7, 11) is -3.75. The summed E-state index contributed by atoms with van der Waals surface area (Å²) < 4.78 is 26.4. The van der Waals surface area contributed by atoms with Gasteiger partial charge in [0.1, 0.15) is 0 Å². The number of carbonyl (C=O) groups excluding carboxylic acids is 1. The predicted molar refractivity (Wildman–Crippen MR) is 110 cm³/mol. The molecule has 0 bridgehead atoms. The number of para-hydroxylation sites is 1. The number of carbonyl (C=O) groups is 1. The second kappa shape index (κ2) is 8.82. The number of rotatable bonds is 7. The Bertz CT molecular complexity index is 939. The normalized spacial score (nSPS) is 12.1. The van der Waals surface area contributed by atoms with Crippen molar-refractivity contribution >= 4 is 21.4 Å². The zero-order valence-electron chi connectivity index (χ0n) is 15.9. The molecule has 2 aromatic rings. The van der Waals surface area contributed by atoms with E-state index in [0.717, 1.165) is 11.1 Å². The van der Waals surface area contributed by atoms with Gasteiger partial charge in [-0.25, -0.2) is 8.42 Å². The molecule has 0 heterocycles. The summed E-state index contributed by atoms with van der Waals surface area (Å²) in [6.07, 6.45) is 2.01. The summed E-state index contributed by atoms with van der Waals surface area (Å²) in [6.45, 7) is 9.49. The van der Waals surface area contributed by atoms with Gasteiger partial charge >= 0.3 is 0 Å². The van der Waals surface area contributed by atoms with Gasteiger partial charge in [0.05, 0.1) is 10.1 Å². The van der Waals surface area contributed by atoms with Crippen LogP contribution in [0.15, 0.2) is 83.3 Å². The van der Waals surface area contributed by atoms with Crippen LogP contribution in [0.4, 0.5) is 5.69 Å². The Kier molecular flexibility index (Phi) is 6.75. The maximum absolute atomic E-state index is 13.2. The zero-order valence-corrected chi connectivity index (χ0v) is 16.7. The van der Waals surface area contributed by atoms with Crippen LogP contribution in [0.2, 0.25) is 0 Å². The van der Waals surface area contributed by atoms with E-state index in [2.05, 4.69) is 11.9 Å². The van der Waals surface area contributed by atoms with Gasteiger partial charge in [0.2, 0.25) is 0 Å². The van der Waals surface area contributed by atoms with Gasteiger partial charge in [-0.05, 0) is 51.5 Å². The Labute approximate surface area is 161 Å². The Morgan fingerprint density at radius 1 is 1.07 bits per heavy atom. The molecule has 4 nitrogen and oxygen atoms in total. The van der Waals surface area contributed by atoms with Crippen molar-refractivity contribution < 1.29 is 13.2 Å². The number of hydrogen-bond acceptors (Lipinski definition) is 3. The average molecular weight is 384 g/mol. The van der Waals surface area contributed by atoms with E-state index in [-0.39, 0.29) is 16.9 Å². The van der Waals surface area contributed by atoms with Crippen molar-refractivity contribution in [3.05, 3.63) is 84.0 Å². The van der Waals surface area contributed by atoms with E-state index in [1.807, 2.05) is 32.9 Å². The van der Waals surface area contributed by atoms with Crippen LogP contribution in [0.25, 0.3) is 0 Å². The number of aryl methyl sites for hydroxylation is 1. The van der Waals surface area contributed by atoms with Crippen LogP contribution in [0.1, 0.15) is 25.8 Å². The fourth-order valence-corrected chi connectivity index (χ4v) is 4.25. The van der Waals surface area contributed by atoms with E-state index >= 15 is 0 Å². The molecule has 1 N–H and O–H groups in total. The first-order valence-corrected chi connectivity index (χ1v) is 10.3. The molecule has 0 aromatic heterocycles. The minimum Gasteiger partial charge on any atom is -0.322 e. The summed E-state index contributed by atoms with van der Waals surface area (Å²) in [5.41, 5.74) is 2.57. The minimum atomic E-state index is -3.75. The van der Waals surface area contributed by atoms with Gasteiger partial charge in [-0.15, -0.1) is 0 Å². The first kappa shape index (κ1) is 20.6. The largest absolute Gasteiger partial charge is 0.322 e. The van der Waals surface area contributed by atoms with Crippen molar-refractivity contribution in [1.29, 1.82) is 0 Å². The Balaban J connectivity index is 2.35. The molecular formula is C22H25NO3S. The number of anilines is 1. The van der Waals surface area contributed by atoms with Crippen LogP contribution in [-0.2, 0) is 14.6 Å². The second-order valence-corrected chi connectivity index (χ2v) is 8.84. The number of allylic oxidation sites excluding steroid dienone is 2. The molecule has 142 valence electrons. The fraction of sp³-hybridized carbons (Fsp3) is 0.227. The van der Waals surface area contributed by atoms with Gasteiger partial charge in [0, 0.05) is 11.3 Å². The van der Waals surface area contributed by atoms with E-state index < -0.39 is 21.0 Å². The zero-order chi connectivity index (χ0) is 20.0. The van der Waals surface area contributed by atoms with Gasteiger partial charge in [-0.3, -0.25) is 4.79 Å². The quantitative estimate of drug-likeness (QED) is 0.557. The minimum absolute atomic E-state index is 0.0249. The Morgan fingerprint density at radius 3 is 2.22 bits per heavy atom. The van der Waals surface area contributed by atoms with Gasteiger partial charge in [0.15, 0.2) is 9.84 Å². The number of hydrogen-bond donors (Lipinski definition) is 1. The van der Waals surface area contributed by atoms with Crippen molar-refractivity contribution in [1.82, 2.24) is 0 Å². The molecule has 27 heavy (non-hydrogen) atoms. The highest BCUT2D eigenvalue weighted by Gasteiger charge is 2.32. The van der Waals surface area contributed by atoms with Crippen molar-refractivity contribution in [2.45, 2.75) is 37.3 Å². The lowest BCUT2D eigenvalue weighted by Gasteiger charge is -2.19. The van der Waals surface area contributed by atoms with Gasteiger partial charge in [0.25, 0.3) is 5.91 Å². The molecule has 0 saturated heterocycles. The summed E-state index contributed by atoms with van der Waals surface area (Å²) in [5.74, 6) is -0.496. The Hall–Kier alpha value is -2.66. The van der Waals surface area contributed by atoms with Crippen LogP contribution in [0.3, 0.4) is 0 Å². The smallest absolute Gasteiger partial charge is 0.252 e. The fourth-order valence-electron chi connectivity index (χ4n) is 2.57. The van der Waals surface area contributed by atoms with E-state index in [1.165, 1.54) is 0 Å². The highest BCUT2D eigenvalue weighted by atomic mass is 32.2.